The van der Waals surface area contributed by atoms with E-state index in [1.165, 1.54) is 6.33 Å². The normalized spacial score (nSPS) is 25.2. The van der Waals surface area contributed by atoms with Crippen molar-refractivity contribution in [3.8, 4) is 0 Å². The first-order valence-electron chi connectivity index (χ1n) is 13.5. The van der Waals surface area contributed by atoms with Gasteiger partial charge in [0.2, 0.25) is 0 Å². The Hall–Kier alpha value is -3.12. The predicted octanol–water partition coefficient (Wildman–Crippen LogP) is 3.04. The fraction of sp³-hybridized carbons (Fsp3) is 0.571. The number of imidazole rings is 1. The highest BCUT2D eigenvalue weighted by atomic mass is 16.6. The Balaban J connectivity index is 1.12. The molecule has 5 rings (SSSR count). The number of rotatable bonds is 11. The molecule has 1 aliphatic heterocycles. The van der Waals surface area contributed by atoms with Gasteiger partial charge in [0.1, 0.15) is 24.7 Å². The van der Waals surface area contributed by atoms with Crippen molar-refractivity contribution in [2.75, 3.05) is 19.3 Å². The first kappa shape index (κ1) is 27.4. The number of likely N-dealkylation sites (N-methyl/N-ethyl adjacent to an activating group) is 1. The van der Waals surface area contributed by atoms with E-state index >= 15 is 0 Å². The van der Waals surface area contributed by atoms with Crippen LogP contribution in [-0.4, -0.2) is 73.1 Å². The average Bonchev–Trinajstić information content (AvgIpc) is 3.46. The molecule has 0 unspecified atom stereocenters. The summed E-state index contributed by atoms with van der Waals surface area (Å²) < 4.78 is 19.7. The Morgan fingerprint density at radius 2 is 1.97 bits per heavy atom. The van der Waals surface area contributed by atoms with Gasteiger partial charge in [-0.2, -0.15) is 0 Å². The summed E-state index contributed by atoms with van der Waals surface area (Å²) in [5, 5.41) is 10.4. The Morgan fingerprint density at radius 1 is 1.21 bits per heavy atom. The number of benzene rings is 1. The fourth-order valence-electron chi connectivity index (χ4n) is 5.47. The number of carbonyl (C=O) groups excluding carboxylic acids is 1. The van der Waals surface area contributed by atoms with Crippen LogP contribution in [0.3, 0.4) is 0 Å². The summed E-state index contributed by atoms with van der Waals surface area (Å²) in [6, 6.07) is 10.1. The number of hydrogen-bond donors (Lipinski definition) is 2. The zero-order chi connectivity index (χ0) is 27.6. The predicted molar refractivity (Wildman–Crippen MR) is 144 cm³/mol. The van der Waals surface area contributed by atoms with Gasteiger partial charge in [0, 0.05) is 25.4 Å². The standard InChI is InChI=1S/C28H38N6O5/c1-28(2,36)39-21-13-23(34-17-32-25-26(29)30-16-31-27(25)34)38-22(21)14-33(3)20-11-19(12-20)9-10-24(35)37-15-18-7-5-4-6-8-18/h4-8,16-17,19-23,36H,9-15H2,1-3H3,(H2,29,30,31)/t19?,20?,21-,22+,23+/m0/s1. The van der Waals surface area contributed by atoms with Crippen LogP contribution in [0.15, 0.2) is 43.0 Å². The summed E-state index contributed by atoms with van der Waals surface area (Å²) in [6.07, 6.45) is 6.02. The van der Waals surface area contributed by atoms with Gasteiger partial charge in [0.05, 0.1) is 18.5 Å². The fourth-order valence-corrected chi connectivity index (χ4v) is 5.47. The first-order chi connectivity index (χ1) is 18.7. The molecule has 0 spiro atoms. The Morgan fingerprint density at radius 3 is 2.72 bits per heavy atom. The molecule has 1 saturated heterocycles. The highest BCUT2D eigenvalue weighted by Gasteiger charge is 2.42. The third-order valence-electron chi connectivity index (χ3n) is 7.62. The number of aliphatic hydroxyl groups is 1. The maximum absolute atomic E-state index is 12.2. The number of esters is 1. The van der Waals surface area contributed by atoms with Crippen molar-refractivity contribution in [2.24, 2.45) is 5.92 Å². The smallest absolute Gasteiger partial charge is 0.306 e. The summed E-state index contributed by atoms with van der Waals surface area (Å²) in [4.78, 5) is 27.2. The minimum Gasteiger partial charge on any atom is -0.461 e. The molecule has 39 heavy (non-hydrogen) atoms. The highest BCUT2D eigenvalue weighted by Crippen LogP contribution is 2.38. The molecule has 3 aromatic rings. The number of carbonyl (C=O) groups is 1. The van der Waals surface area contributed by atoms with Crippen LogP contribution in [0.1, 0.15) is 57.7 Å². The zero-order valence-corrected chi connectivity index (χ0v) is 22.8. The molecule has 2 fully saturated rings. The van der Waals surface area contributed by atoms with E-state index < -0.39 is 5.79 Å². The van der Waals surface area contributed by atoms with E-state index in [9.17, 15) is 9.90 Å². The molecule has 2 aliphatic rings. The molecular formula is C28H38N6O5. The summed E-state index contributed by atoms with van der Waals surface area (Å²) in [5.41, 5.74) is 8.09. The van der Waals surface area contributed by atoms with E-state index in [-0.39, 0.29) is 24.4 Å². The van der Waals surface area contributed by atoms with Gasteiger partial charge in [-0.1, -0.05) is 30.3 Å². The Bertz CT molecular complexity index is 1260. The van der Waals surface area contributed by atoms with E-state index in [1.807, 2.05) is 34.9 Å². The molecule has 3 N–H and O–H groups in total. The quantitative estimate of drug-likeness (QED) is 0.277. The van der Waals surface area contributed by atoms with Crippen LogP contribution in [0.5, 0.6) is 0 Å². The van der Waals surface area contributed by atoms with Crippen LogP contribution in [0.25, 0.3) is 11.2 Å². The molecule has 11 nitrogen and oxygen atoms in total. The van der Waals surface area contributed by atoms with Crippen molar-refractivity contribution >= 4 is 23.0 Å². The maximum atomic E-state index is 12.2. The number of nitrogens with zero attached hydrogens (tertiary/aromatic N) is 5. The molecule has 210 valence electrons. The minimum absolute atomic E-state index is 0.147. The maximum Gasteiger partial charge on any atom is 0.306 e. The molecule has 0 radical (unpaired) electrons. The van der Waals surface area contributed by atoms with Crippen molar-refractivity contribution in [3.63, 3.8) is 0 Å². The topological polar surface area (TPSA) is 138 Å². The van der Waals surface area contributed by atoms with Crippen LogP contribution in [0, 0.1) is 5.92 Å². The van der Waals surface area contributed by atoms with Gasteiger partial charge >= 0.3 is 5.97 Å². The molecule has 0 amide bonds. The first-order valence-corrected chi connectivity index (χ1v) is 13.5. The second kappa shape index (κ2) is 11.5. The summed E-state index contributed by atoms with van der Waals surface area (Å²) in [7, 11) is 2.09. The molecule has 2 aromatic heterocycles. The van der Waals surface area contributed by atoms with Crippen molar-refractivity contribution in [2.45, 2.75) is 82.8 Å². The number of fused-ring (bicyclic) bond motifs is 1. The van der Waals surface area contributed by atoms with Gasteiger partial charge in [-0.3, -0.25) is 9.36 Å². The number of nitrogen functional groups attached to an aromatic ring is 1. The van der Waals surface area contributed by atoms with Crippen LogP contribution in [0.4, 0.5) is 5.82 Å². The number of anilines is 1. The van der Waals surface area contributed by atoms with E-state index in [0.29, 0.717) is 54.9 Å². The second-order valence-electron chi connectivity index (χ2n) is 11.2. The van der Waals surface area contributed by atoms with E-state index in [1.54, 1.807) is 20.2 Å². The van der Waals surface area contributed by atoms with Gasteiger partial charge in [0.25, 0.3) is 0 Å². The number of aromatic nitrogens is 4. The van der Waals surface area contributed by atoms with Crippen LogP contribution < -0.4 is 5.73 Å². The molecule has 1 saturated carbocycles. The monoisotopic (exact) mass is 538 g/mol. The lowest BCUT2D eigenvalue weighted by atomic mass is 9.76. The van der Waals surface area contributed by atoms with Gasteiger partial charge in [-0.15, -0.1) is 0 Å². The van der Waals surface area contributed by atoms with E-state index in [2.05, 4.69) is 26.9 Å². The van der Waals surface area contributed by atoms with Gasteiger partial charge < -0.3 is 30.0 Å². The van der Waals surface area contributed by atoms with Gasteiger partial charge in [0.15, 0.2) is 17.3 Å². The Labute approximate surface area is 228 Å². The summed E-state index contributed by atoms with van der Waals surface area (Å²) in [6.45, 7) is 4.23. The molecule has 0 bridgehead atoms. The molecular weight excluding hydrogens is 500 g/mol. The van der Waals surface area contributed by atoms with Crippen LogP contribution >= 0.6 is 0 Å². The SMILES string of the molecule is CN(C[C@H]1O[C@@H](n2cnc3c(N)ncnc32)C[C@@H]1OC(C)(C)O)C1CC(CCC(=O)OCc2ccccc2)C1. The molecule has 11 heteroatoms. The van der Waals surface area contributed by atoms with Crippen LogP contribution in [-0.2, 0) is 25.6 Å². The lowest BCUT2D eigenvalue weighted by molar-refractivity contribution is -0.216. The molecule has 3 atom stereocenters. The second-order valence-corrected chi connectivity index (χ2v) is 11.2. The van der Waals surface area contributed by atoms with Gasteiger partial charge in [-0.05, 0) is 51.6 Å². The van der Waals surface area contributed by atoms with Crippen molar-refractivity contribution < 1.29 is 24.1 Å². The third-order valence-corrected chi connectivity index (χ3v) is 7.62. The third kappa shape index (κ3) is 6.73. The Kier molecular flexibility index (Phi) is 8.13. The summed E-state index contributed by atoms with van der Waals surface area (Å²) >= 11 is 0. The molecule has 3 heterocycles. The van der Waals surface area contributed by atoms with Crippen molar-refractivity contribution in [1.82, 2.24) is 24.4 Å². The lowest BCUT2D eigenvalue weighted by Gasteiger charge is -2.42. The van der Waals surface area contributed by atoms with Crippen molar-refractivity contribution in [3.05, 3.63) is 48.5 Å². The lowest BCUT2D eigenvalue weighted by Crippen LogP contribution is -2.48. The summed E-state index contributed by atoms with van der Waals surface area (Å²) in [5.74, 6) is -0.613. The van der Waals surface area contributed by atoms with E-state index in [4.69, 9.17) is 19.9 Å². The van der Waals surface area contributed by atoms with Crippen LogP contribution in [0.2, 0.25) is 0 Å². The molecule has 1 aliphatic carbocycles. The minimum atomic E-state index is -1.29. The highest BCUT2D eigenvalue weighted by molar-refractivity contribution is 5.81. The molecule has 1 aromatic carbocycles. The largest absolute Gasteiger partial charge is 0.461 e. The average molecular weight is 539 g/mol. The zero-order valence-electron chi connectivity index (χ0n) is 22.8. The number of ether oxygens (including phenoxy) is 3. The van der Waals surface area contributed by atoms with Gasteiger partial charge in [-0.25, -0.2) is 15.0 Å². The van der Waals surface area contributed by atoms with Crippen molar-refractivity contribution in [1.29, 1.82) is 0 Å². The van der Waals surface area contributed by atoms with E-state index in [0.717, 1.165) is 24.8 Å². The number of nitrogens with two attached hydrogens (primary N) is 1. The number of hydrogen-bond acceptors (Lipinski definition) is 10.